The van der Waals surface area contributed by atoms with Gasteiger partial charge >= 0.3 is 12.1 Å². The van der Waals surface area contributed by atoms with E-state index in [-0.39, 0.29) is 6.54 Å². The van der Waals surface area contributed by atoms with Crippen LogP contribution in [-0.4, -0.2) is 22.1 Å². The number of halogens is 3. The van der Waals surface area contributed by atoms with Crippen LogP contribution in [0, 0.1) is 6.92 Å². The van der Waals surface area contributed by atoms with E-state index in [4.69, 9.17) is 0 Å². The van der Waals surface area contributed by atoms with Gasteiger partial charge in [0.15, 0.2) is 0 Å². The molecular weight excluding hydrogens is 211 g/mol. The van der Waals surface area contributed by atoms with Crippen LogP contribution in [0.1, 0.15) is 11.4 Å². The van der Waals surface area contributed by atoms with Crippen LogP contribution in [0.2, 0.25) is 0 Å². The first-order valence-corrected chi connectivity index (χ1v) is 4.03. The van der Waals surface area contributed by atoms with E-state index < -0.39 is 12.1 Å². The summed E-state index contributed by atoms with van der Waals surface area (Å²) in [6.07, 6.45) is -2.09. The van der Waals surface area contributed by atoms with Gasteiger partial charge in [0.25, 0.3) is 0 Å². The molecule has 1 N–H and O–H groups in total. The fourth-order valence-corrected chi connectivity index (χ4v) is 0.874. The minimum Gasteiger partial charge on any atom is -0.343 e. The predicted molar refractivity (Wildman–Crippen MR) is 44.7 cm³/mol. The maximum Gasteiger partial charge on any atom is 0.471 e. The second kappa shape index (κ2) is 4.24. The smallest absolute Gasteiger partial charge is 0.343 e. The number of hydrogen-bond acceptors (Lipinski definition) is 3. The monoisotopic (exact) mass is 219 g/mol. The van der Waals surface area contributed by atoms with E-state index in [1.807, 2.05) is 0 Å². The fourth-order valence-electron chi connectivity index (χ4n) is 0.874. The summed E-state index contributed by atoms with van der Waals surface area (Å²) in [7, 11) is 0. The zero-order valence-corrected chi connectivity index (χ0v) is 7.80. The summed E-state index contributed by atoms with van der Waals surface area (Å²) < 4.78 is 35.4. The summed E-state index contributed by atoms with van der Waals surface area (Å²) in [5.74, 6) is -1.98. The molecule has 0 saturated carbocycles. The van der Waals surface area contributed by atoms with Crippen molar-refractivity contribution >= 4 is 5.91 Å². The molecule has 1 aromatic rings. The molecule has 4 nitrogen and oxygen atoms in total. The van der Waals surface area contributed by atoms with Crippen LogP contribution in [0.25, 0.3) is 0 Å². The molecule has 0 unspecified atom stereocenters. The van der Waals surface area contributed by atoms with Crippen LogP contribution in [0.5, 0.6) is 0 Å². The maximum atomic E-state index is 11.8. The highest BCUT2D eigenvalue weighted by Gasteiger charge is 2.38. The molecule has 1 amide bonds. The third-order valence-electron chi connectivity index (χ3n) is 1.66. The molecule has 0 aliphatic carbocycles. The first-order valence-electron chi connectivity index (χ1n) is 4.03. The Labute approximate surface area is 83.5 Å². The number of aromatic nitrogens is 2. The Kier molecular flexibility index (Phi) is 3.23. The van der Waals surface area contributed by atoms with E-state index in [1.165, 1.54) is 12.4 Å². The van der Waals surface area contributed by atoms with Crippen molar-refractivity contribution in [2.24, 2.45) is 0 Å². The van der Waals surface area contributed by atoms with Gasteiger partial charge in [0.1, 0.15) is 0 Å². The number of carbonyl (C=O) groups excluding carboxylic acids is 1. The van der Waals surface area contributed by atoms with Gasteiger partial charge in [0, 0.05) is 12.4 Å². The molecule has 15 heavy (non-hydrogen) atoms. The molecule has 82 valence electrons. The first-order chi connectivity index (χ1) is 6.91. The lowest BCUT2D eigenvalue weighted by atomic mass is 10.3. The second-order valence-corrected chi connectivity index (χ2v) is 2.77. The van der Waals surface area contributed by atoms with Gasteiger partial charge in [-0.3, -0.25) is 14.8 Å². The summed E-state index contributed by atoms with van der Waals surface area (Å²) >= 11 is 0. The van der Waals surface area contributed by atoms with E-state index >= 15 is 0 Å². The van der Waals surface area contributed by atoms with E-state index in [2.05, 4.69) is 9.97 Å². The number of alkyl halides is 3. The minimum atomic E-state index is -4.86. The Morgan fingerprint density at radius 3 is 2.53 bits per heavy atom. The lowest BCUT2D eigenvalue weighted by Crippen LogP contribution is -2.36. The molecule has 0 fully saturated rings. The van der Waals surface area contributed by atoms with Gasteiger partial charge in [0.2, 0.25) is 0 Å². The summed E-state index contributed by atoms with van der Waals surface area (Å²) in [6, 6.07) is 0. The molecule has 1 aromatic heterocycles. The molecular formula is C8H8F3N3O. The van der Waals surface area contributed by atoms with Crippen LogP contribution in [-0.2, 0) is 11.3 Å². The Hall–Kier alpha value is -1.66. The van der Waals surface area contributed by atoms with Crippen molar-refractivity contribution in [2.75, 3.05) is 0 Å². The Bertz CT molecular complexity index is 364. The highest BCUT2D eigenvalue weighted by Crippen LogP contribution is 2.14. The predicted octanol–water partition coefficient (Wildman–Crippen LogP) is 0.964. The third-order valence-corrected chi connectivity index (χ3v) is 1.66. The van der Waals surface area contributed by atoms with E-state index in [1.54, 1.807) is 12.2 Å². The van der Waals surface area contributed by atoms with Crippen molar-refractivity contribution in [3.8, 4) is 0 Å². The number of amides is 1. The number of aryl methyl sites for hydroxylation is 1. The molecule has 0 aromatic carbocycles. The average molecular weight is 219 g/mol. The number of carbonyl (C=O) groups is 1. The molecule has 0 spiro atoms. The Morgan fingerprint density at radius 1 is 1.40 bits per heavy atom. The molecule has 0 atom stereocenters. The quantitative estimate of drug-likeness (QED) is 0.806. The minimum absolute atomic E-state index is 0.280. The molecule has 0 radical (unpaired) electrons. The van der Waals surface area contributed by atoms with Crippen LogP contribution in [0.4, 0.5) is 13.2 Å². The summed E-state index contributed by atoms with van der Waals surface area (Å²) in [5.41, 5.74) is 0.801. The fraction of sp³-hybridized carbons (Fsp3) is 0.375. The van der Waals surface area contributed by atoms with Crippen LogP contribution >= 0.6 is 0 Å². The Balaban J connectivity index is 2.59. The normalized spacial score (nSPS) is 11.2. The zero-order chi connectivity index (χ0) is 11.5. The number of hydrogen-bond donors (Lipinski definition) is 1. The van der Waals surface area contributed by atoms with Gasteiger partial charge < -0.3 is 5.32 Å². The van der Waals surface area contributed by atoms with Crippen molar-refractivity contribution in [2.45, 2.75) is 19.6 Å². The standard InChI is InChI=1S/C8H8F3N3O/c1-5-6(13-3-2-12-5)4-14-7(15)8(9,10)11/h2-3H,4H2,1H3,(H,14,15). The third kappa shape index (κ3) is 3.19. The number of rotatable bonds is 2. The number of nitrogens with zero attached hydrogens (tertiary/aromatic N) is 2. The molecule has 0 aliphatic heterocycles. The lowest BCUT2D eigenvalue weighted by molar-refractivity contribution is -0.173. The summed E-state index contributed by atoms with van der Waals surface area (Å²) in [4.78, 5) is 18.1. The highest BCUT2D eigenvalue weighted by molar-refractivity contribution is 5.81. The van der Waals surface area contributed by atoms with E-state index in [0.717, 1.165) is 0 Å². The van der Waals surface area contributed by atoms with Gasteiger partial charge in [-0.15, -0.1) is 0 Å². The molecule has 0 aliphatic rings. The first kappa shape index (κ1) is 11.4. The van der Waals surface area contributed by atoms with Gasteiger partial charge in [-0.2, -0.15) is 13.2 Å². The van der Waals surface area contributed by atoms with Gasteiger partial charge in [-0.1, -0.05) is 0 Å². The van der Waals surface area contributed by atoms with Gasteiger partial charge in [0.05, 0.1) is 17.9 Å². The SMILES string of the molecule is Cc1nccnc1CNC(=O)C(F)(F)F. The van der Waals surface area contributed by atoms with Crippen molar-refractivity contribution < 1.29 is 18.0 Å². The zero-order valence-electron chi connectivity index (χ0n) is 7.80. The van der Waals surface area contributed by atoms with E-state index in [9.17, 15) is 18.0 Å². The maximum absolute atomic E-state index is 11.8. The molecule has 0 saturated heterocycles. The molecule has 7 heteroatoms. The summed E-state index contributed by atoms with van der Waals surface area (Å²) in [6.45, 7) is 1.32. The van der Waals surface area contributed by atoms with Crippen LogP contribution in [0.3, 0.4) is 0 Å². The van der Waals surface area contributed by atoms with Crippen LogP contribution < -0.4 is 5.32 Å². The topological polar surface area (TPSA) is 54.9 Å². The lowest BCUT2D eigenvalue weighted by Gasteiger charge is -2.08. The van der Waals surface area contributed by atoms with Crippen molar-refractivity contribution in [1.82, 2.24) is 15.3 Å². The average Bonchev–Trinajstić information content (AvgIpc) is 2.14. The number of nitrogens with one attached hydrogen (secondary N) is 1. The van der Waals surface area contributed by atoms with Crippen molar-refractivity contribution in [3.63, 3.8) is 0 Å². The van der Waals surface area contributed by atoms with Crippen molar-refractivity contribution in [1.29, 1.82) is 0 Å². The van der Waals surface area contributed by atoms with Gasteiger partial charge in [-0.05, 0) is 6.92 Å². The molecule has 1 rings (SSSR count). The van der Waals surface area contributed by atoms with E-state index in [0.29, 0.717) is 11.4 Å². The molecule has 0 bridgehead atoms. The highest BCUT2D eigenvalue weighted by atomic mass is 19.4. The Morgan fingerprint density at radius 2 is 2.00 bits per heavy atom. The van der Waals surface area contributed by atoms with Crippen LogP contribution in [0.15, 0.2) is 12.4 Å². The van der Waals surface area contributed by atoms with Gasteiger partial charge in [-0.25, -0.2) is 0 Å². The molecule has 1 heterocycles. The van der Waals surface area contributed by atoms with Crippen molar-refractivity contribution in [3.05, 3.63) is 23.8 Å². The summed E-state index contributed by atoms with van der Waals surface area (Å²) in [5, 5.41) is 1.71. The largest absolute Gasteiger partial charge is 0.471 e. The second-order valence-electron chi connectivity index (χ2n) is 2.77.